The van der Waals surface area contributed by atoms with Crippen molar-refractivity contribution in [3.05, 3.63) is 54.6 Å². The van der Waals surface area contributed by atoms with Crippen molar-refractivity contribution in [2.45, 2.75) is 38.9 Å². The van der Waals surface area contributed by atoms with E-state index in [1.54, 1.807) is 4.90 Å². The van der Waals surface area contributed by atoms with Crippen molar-refractivity contribution in [1.82, 2.24) is 0 Å². The van der Waals surface area contributed by atoms with E-state index in [4.69, 9.17) is 14.2 Å². The second-order valence-electron chi connectivity index (χ2n) is 7.11. The molecule has 1 aliphatic rings. The zero-order valence-electron chi connectivity index (χ0n) is 15.8. The Bertz CT molecular complexity index is 651. The van der Waals surface area contributed by atoms with E-state index in [2.05, 4.69) is 13.8 Å². The maximum Gasteiger partial charge on any atom is 0.131 e. The van der Waals surface area contributed by atoms with Gasteiger partial charge in [-0.05, 0) is 51.0 Å². The van der Waals surface area contributed by atoms with Crippen molar-refractivity contribution in [3.8, 4) is 17.2 Å². The number of benzene rings is 2. The summed E-state index contributed by atoms with van der Waals surface area (Å²) in [5.74, 6) is 2.50. The van der Waals surface area contributed by atoms with Crippen LogP contribution in [0.1, 0.15) is 26.7 Å². The molecule has 1 heterocycles. The van der Waals surface area contributed by atoms with Gasteiger partial charge in [-0.1, -0.05) is 24.3 Å². The van der Waals surface area contributed by atoms with Crippen LogP contribution in [0.5, 0.6) is 17.2 Å². The first kappa shape index (κ1) is 18.7. The average Bonchev–Trinajstić information content (AvgIpc) is 2.62. The highest BCUT2D eigenvalue weighted by atomic mass is 16.5. The van der Waals surface area contributed by atoms with Gasteiger partial charge in [0, 0.05) is 6.07 Å². The molecule has 0 radical (unpaired) electrons. The van der Waals surface area contributed by atoms with E-state index in [1.807, 2.05) is 54.6 Å². The third-order valence-corrected chi connectivity index (χ3v) is 4.59. The minimum Gasteiger partial charge on any atom is -0.493 e. The largest absolute Gasteiger partial charge is 0.493 e. The van der Waals surface area contributed by atoms with E-state index in [1.165, 1.54) is 13.0 Å². The topological polar surface area (TPSA) is 32.1 Å². The number of quaternary nitrogens is 1. The van der Waals surface area contributed by atoms with Crippen LogP contribution in [0.2, 0.25) is 0 Å². The maximum absolute atomic E-state index is 5.90. The first-order valence-corrected chi connectivity index (χ1v) is 9.64. The van der Waals surface area contributed by atoms with E-state index >= 15 is 0 Å². The van der Waals surface area contributed by atoms with Crippen molar-refractivity contribution in [2.75, 3.05) is 26.2 Å². The Hall–Kier alpha value is -2.04. The van der Waals surface area contributed by atoms with Crippen LogP contribution in [0.4, 0.5) is 0 Å². The number of unbranched alkanes of at least 4 members (excludes halogenated alkanes) is 1. The van der Waals surface area contributed by atoms with Crippen LogP contribution in [0.25, 0.3) is 0 Å². The van der Waals surface area contributed by atoms with Gasteiger partial charge in [-0.2, -0.15) is 0 Å². The molecule has 0 unspecified atom stereocenters. The number of para-hydroxylation sites is 1. The molecular formula is C22H30NO3+. The molecule has 1 N–H and O–H groups in total. The molecular weight excluding hydrogens is 326 g/mol. The molecule has 0 saturated carbocycles. The van der Waals surface area contributed by atoms with Gasteiger partial charge in [-0.15, -0.1) is 0 Å². The van der Waals surface area contributed by atoms with Gasteiger partial charge in [0.2, 0.25) is 0 Å². The zero-order chi connectivity index (χ0) is 18.2. The fraction of sp³-hybridized carbons (Fsp3) is 0.455. The van der Waals surface area contributed by atoms with Crippen LogP contribution in [0.3, 0.4) is 0 Å². The third-order valence-electron chi connectivity index (χ3n) is 4.59. The second-order valence-corrected chi connectivity index (χ2v) is 7.11. The summed E-state index contributed by atoms with van der Waals surface area (Å²) in [5.41, 5.74) is 0. The van der Waals surface area contributed by atoms with E-state index in [0.717, 1.165) is 43.4 Å². The molecule has 1 aliphatic heterocycles. The molecule has 4 nitrogen and oxygen atoms in total. The van der Waals surface area contributed by atoms with E-state index in [0.29, 0.717) is 12.2 Å². The summed E-state index contributed by atoms with van der Waals surface area (Å²) in [6.07, 6.45) is 2.99. The molecule has 2 atom stereocenters. The van der Waals surface area contributed by atoms with Crippen LogP contribution < -0.4 is 14.4 Å². The molecule has 140 valence electrons. The van der Waals surface area contributed by atoms with Crippen LogP contribution in [0.15, 0.2) is 54.6 Å². The fourth-order valence-electron chi connectivity index (χ4n) is 3.51. The minimum atomic E-state index is 0.373. The Morgan fingerprint density at radius 2 is 1.58 bits per heavy atom. The lowest BCUT2D eigenvalue weighted by atomic mass is 10.2. The molecule has 2 aromatic carbocycles. The van der Waals surface area contributed by atoms with E-state index in [-0.39, 0.29) is 0 Å². The molecule has 4 heteroatoms. The predicted octanol–water partition coefficient (Wildman–Crippen LogP) is 3.33. The molecule has 1 fully saturated rings. The first-order valence-electron chi connectivity index (χ1n) is 9.64. The minimum absolute atomic E-state index is 0.373. The third kappa shape index (κ3) is 6.04. The monoisotopic (exact) mass is 356 g/mol. The summed E-state index contributed by atoms with van der Waals surface area (Å²) >= 11 is 0. The number of rotatable bonds is 8. The number of hydrogen-bond donors (Lipinski definition) is 1. The number of nitrogens with one attached hydrogen (secondary N) is 1. The van der Waals surface area contributed by atoms with E-state index in [9.17, 15) is 0 Å². The Balaban J connectivity index is 1.38. The maximum atomic E-state index is 5.90. The number of hydrogen-bond acceptors (Lipinski definition) is 3. The molecule has 3 rings (SSSR count). The predicted molar refractivity (Wildman–Crippen MR) is 103 cm³/mol. The van der Waals surface area contributed by atoms with Gasteiger partial charge >= 0.3 is 0 Å². The Labute approximate surface area is 156 Å². The van der Waals surface area contributed by atoms with Crippen LogP contribution in [-0.2, 0) is 4.74 Å². The van der Waals surface area contributed by atoms with Crippen LogP contribution in [0, 0.1) is 0 Å². The quantitative estimate of drug-likeness (QED) is 0.737. The van der Waals surface area contributed by atoms with Gasteiger partial charge in [-0.25, -0.2) is 0 Å². The summed E-state index contributed by atoms with van der Waals surface area (Å²) in [6, 6.07) is 17.6. The molecule has 0 aliphatic carbocycles. The van der Waals surface area contributed by atoms with Crippen molar-refractivity contribution in [1.29, 1.82) is 0 Å². The highest BCUT2D eigenvalue weighted by Crippen LogP contribution is 2.25. The molecule has 0 aromatic heterocycles. The van der Waals surface area contributed by atoms with Crippen LogP contribution in [-0.4, -0.2) is 38.4 Å². The van der Waals surface area contributed by atoms with Gasteiger partial charge in [-0.3, -0.25) is 0 Å². The highest BCUT2D eigenvalue weighted by Gasteiger charge is 2.24. The van der Waals surface area contributed by atoms with Gasteiger partial charge in [0.15, 0.2) is 0 Å². The summed E-state index contributed by atoms with van der Waals surface area (Å²) in [7, 11) is 0. The van der Waals surface area contributed by atoms with Crippen molar-refractivity contribution >= 4 is 0 Å². The molecule has 2 aromatic rings. The molecule has 1 saturated heterocycles. The SMILES string of the molecule is C[C@H]1C[NH+](CCCCOc2cccc(Oc3ccccc3)c2)C[C@H](C)O1. The Morgan fingerprint density at radius 1 is 0.885 bits per heavy atom. The zero-order valence-corrected chi connectivity index (χ0v) is 15.8. The second kappa shape index (κ2) is 9.60. The van der Waals surface area contributed by atoms with Crippen molar-refractivity contribution < 1.29 is 19.1 Å². The highest BCUT2D eigenvalue weighted by molar-refractivity contribution is 5.36. The number of morpholine rings is 1. The van der Waals surface area contributed by atoms with Gasteiger partial charge in [0.1, 0.15) is 42.5 Å². The fourth-order valence-corrected chi connectivity index (χ4v) is 3.51. The Morgan fingerprint density at radius 3 is 2.35 bits per heavy atom. The first-order chi connectivity index (χ1) is 12.7. The van der Waals surface area contributed by atoms with Crippen molar-refractivity contribution in [3.63, 3.8) is 0 Å². The van der Waals surface area contributed by atoms with Crippen molar-refractivity contribution in [2.24, 2.45) is 0 Å². The lowest BCUT2D eigenvalue weighted by Gasteiger charge is -2.32. The smallest absolute Gasteiger partial charge is 0.131 e. The standard InChI is InChI=1S/C22H29NO3/c1-18-16-23(17-19(2)25-18)13-6-7-14-24-21-11-8-12-22(15-21)26-20-9-4-3-5-10-20/h3-5,8-12,15,18-19H,6-7,13-14,16-17H2,1-2H3/p+1/t18-,19-/m0/s1. The summed E-state index contributed by atoms with van der Waals surface area (Å²) in [6.45, 7) is 8.50. The lowest BCUT2D eigenvalue weighted by Crippen LogP contribution is -3.15. The molecule has 26 heavy (non-hydrogen) atoms. The van der Waals surface area contributed by atoms with Gasteiger partial charge in [0.05, 0.1) is 13.2 Å². The van der Waals surface area contributed by atoms with Crippen LogP contribution >= 0.6 is 0 Å². The molecule has 0 spiro atoms. The number of ether oxygens (including phenoxy) is 3. The molecule has 0 bridgehead atoms. The Kier molecular flexibility index (Phi) is 6.92. The summed E-state index contributed by atoms with van der Waals surface area (Å²) in [5, 5.41) is 0. The lowest BCUT2D eigenvalue weighted by molar-refractivity contribution is -0.915. The summed E-state index contributed by atoms with van der Waals surface area (Å²) < 4.78 is 17.6. The summed E-state index contributed by atoms with van der Waals surface area (Å²) in [4.78, 5) is 1.65. The molecule has 0 amide bonds. The average molecular weight is 356 g/mol. The van der Waals surface area contributed by atoms with E-state index < -0.39 is 0 Å². The van der Waals surface area contributed by atoms with Gasteiger partial charge in [0.25, 0.3) is 0 Å². The van der Waals surface area contributed by atoms with Gasteiger partial charge < -0.3 is 19.1 Å². The normalized spacial score (nSPS) is 22.8.